The summed E-state index contributed by atoms with van der Waals surface area (Å²) in [4.78, 5) is 0. The molecule has 4 rings (SSSR count). The van der Waals surface area contributed by atoms with Gasteiger partial charge in [-0.15, -0.1) is 13.2 Å². The summed E-state index contributed by atoms with van der Waals surface area (Å²) >= 11 is 5.89. The third-order valence-corrected chi connectivity index (χ3v) is 5.53. The normalized spacial score (nSPS) is 12.0. The molecule has 0 spiro atoms. The highest BCUT2D eigenvalue weighted by Crippen LogP contribution is 2.48. The zero-order valence-corrected chi connectivity index (χ0v) is 19.6. The maximum atomic E-state index is 13.2. The fourth-order valence-electron chi connectivity index (χ4n) is 3.65. The number of para-hydroxylation sites is 1. The number of aryl methyl sites for hydroxylation is 1. The van der Waals surface area contributed by atoms with Gasteiger partial charge >= 0.3 is 12.5 Å². The Morgan fingerprint density at radius 1 is 0.892 bits per heavy atom. The number of alkyl halides is 6. The van der Waals surface area contributed by atoms with Crippen LogP contribution in [-0.4, -0.2) is 21.2 Å². The van der Waals surface area contributed by atoms with Gasteiger partial charge in [-0.1, -0.05) is 41.9 Å². The molecule has 5 nitrogen and oxygen atoms in total. The monoisotopic (exact) mass is 542 g/mol. The van der Waals surface area contributed by atoms with Gasteiger partial charge in [0, 0.05) is 23.2 Å². The topological polar surface area (TPSA) is 56.5 Å². The lowest BCUT2D eigenvalue weighted by atomic mass is 9.97. The summed E-state index contributed by atoms with van der Waals surface area (Å²) in [5.41, 5.74) is -1.16. The predicted octanol–water partition coefficient (Wildman–Crippen LogP) is 7.61. The maximum Gasteiger partial charge on any atom is 0.573 e. The quantitative estimate of drug-likeness (QED) is 0.255. The molecule has 0 atom stereocenters. The Balaban J connectivity index is 1.87. The highest BCUT2D eigenvalue weighted by molar-refractivity contribution is 6.30. The molecule has 12 heteroatoms. The Bertz CT molecular complexity index is 1420. The standard InChI is InChI=1S/C25H17ClF6N2O3/c1-34-18(12-21(33-34)24(27,28)29)16-10-11-20(36-13-14-6-8-15(26)9-7-14)22(23(16)35)17-4-2-3-5-19(17)37-25(30,31)32/h2-12,35H,13H2,1H3. The first-order chi connectivity index (χ1) is 17.3. The Hall–Kier alpha value is -3.86. The second kappa shape index (κ2) is 9.89. The number of aromatic hydroxyl groups is 1. The van der Waals surface area contributed by atoms with Crippen molar-refractivity contribution in [3.8, 4) is 39.6 Å². The first-order valence-corrected chi connectivity index (χ1v) is 10.9. The van der Waals surface area contributed by atoms with E-state index < -0.39 is 29.7 Å². The van der Waals surface area contributed by atoms with Crippen molar-refractivity contribution in [3.63, 3.8) is 0 Å². The van der Waals surface area contributed by atoms with Gasteiger partial charge in [0.2, 0.25) is 0 Å². The van der Waals surface area contributed by atoms with E-state index in [2.05, 4.69) is 9.84 Å². The van der Waals surface area contributed by atoms with Crippen LogP contribution < -0.4 is 9.47 Å². The molecule has 1 N–H and O–H groups in total. The summed E-state index contributed by atoms with van der Waals surface area (Å²) in [6, 6.07) is 15.0. The second-order valence-corrected chi connectivity index (χ2v) is 8.27. The molecular formula is C25H17ClF6N2O3. The van der Waals surface area contributed by atoms with E-state index in [1.165, 1.54) is 37.4 Å². The largest absolute Gasteiger partial charge is 0.573 e. The molecule has 0 radical (unpaired) electrons. The van der Waals surface area contributed by atoms with Gasteiger partial charge in [0.1, 0.15) is 23.9 Å². The number of benzene rings is 3. The van der Waals surface area contributed by atoms with E-state index in [1.807, 2.05) is 0 Å². The summed E-state index contributed by atoms with van der Waals surface area (Å²) in [6.07, 6.45) is -9.79. The van der Waals surface area contributed by atoms with Gasteiger partial charge in [-0.05, 0) is 42.0 Å². The van der Waals surface area contributed by atoms with E-state index in [0.717, 1.165) is 16.8 Å². The van der Waals surface area contributed by atoms with E-state index in [1.54, 1.807) is 24.3 Å². The maximum absolute atomic E-state index is 13.2. The summed E-state index contributed by atoms with van der Waals surface area (Å²) in [5.74, 6) is -1.30. The number of rotatable bonds is 6. The van der Waals surface area contributed by atoms with E-state index in [9.17, 15) is 31.4 Å². The Kier molecular flexibility index (Phi) is 7.00. The first-order valence-electron chi connectivity index (χ1n) is 10.5. The molecule has 0 aliphatic rings. The SMILES string of the molecule is Cn1nc(C(F)(F)F)cc1-c1ccc(OCc2ccc(Cl)cc2)c(-c2ccccc2OC(F)(F)F)c1O. The fourth-order valence-corrected chi connectivity index (χ4v) is 3.77. The molecule has 0 saturated carbocycles. The molecule has 0 fully saturated rings. The van der Waals surface area contributed by atoms with Crippen LogP contribution in [0.4, 0.5) is 26.3 Å². The van der Waals surface area contributed by atoms with Crippen LogP contribution in [0.3, 0.4) is 0 Å². The molecule has 4 aromatic rings. The minimum Gasteiger partial charge on any atom is -0.506 e. The molecule has 3 aromatic carbocycles. The molecular weight excluding hydrogens is 526 g/mol. The van der Waals surface area contributed by atoms with Crippen molar-refractivity contribution in [2.45, 2.75) is 19.1 Å². The average Bonchev–Trinajstić information content (AvgIpc) is 3.20. The summed E-state index contributed by atoms with van der Waals surface area (Å²) in [6.45, 7) is -0.0464. The van der Waals surface area contributed by atoms with Gasteiger partial charge in [0.25, 0.3) is 0 Å². The van der Waals surface area contributed by atoms with Crippen LogP contribution in [0.2, 0.25) is 5.02 Å². The zero-order valence-electron chi connectivity index (χ0n) is 18.9. The highest BCUT2D eigenvalue weighted by Gasteiger charge is 2.36. The Labute approximate surface area is 211 Å². The predicted molar refractivity (Wildman–Crippen MR) is 123 cm³/mol. The van der Waals surface area contributed by atoms with Crippen LogP contribution >= 0.6 is 11.6 Å². The van der Waals surface area contributed by atoms with Gasteiger partial charge in [-0.25, -0.2) is 0 Å². The average molecular weight is 543 g/mol. The van der Waals surface area contributed by atoms with Gasteiger partial charge in [0.15, 0.2) is 5.69 Å². The van der Waals surface area contributed by atoms with Gasteiger partial charge < -0.3 is 14.6 Å². The third kappa shape index (κ3) is 5.93. The van der Waals surface area contributed by atoms with Crippen molar-refractivity contribution >= 4 is 11.6 Å². The number of halogens is 7. The van der Waals surface area contributed by atoms with Crippen LogP contribution in [0.25, 0.3) is 22.4 Å². The van der Waals surface area contributed by atoms with Crippen molar-refractivity contribution < 1.29 is 40.9 Å². The number of hydrogen-bond acceptors (Lipinski definition) is 4. The number of ether oxygens (including phenoxy) is 2. The second-order valence-electron chi connectivity index (χ2n) is 7.83. The zero-order chi connectivity index (χ0) is 27.0. The summed E-state index contributed by atoms with van der Waals surface area (Å²) in [7, 11) is 1.25. The molecule has 0 unspecified atom stereocenters. The molecule has 0 bridgehead atoms. The van der Waals surface area contributed by atoms with E-state index >= 15 is 0 Å². The minimum absolute atomic E-state index is 0.0346. The van der Waals surface area contributed by atoms with Crippen molar-refractivity contribution in [3.05, 3.63) is 83.0 Å². The van der Waals surface area contributed by atoms with Crippen molar-refractivity contribution in [2.75, 3.05) is 0 Å². The molecule has 0 amide bonds. The highest BCUT2D eigenvalue weighted by atomic mass is 35.5. The molecule has 37 heavy (non-hydrogen) atoms. The third-order valence-electron chi connectivity index (χ3n) is 5.28. The van der Waals surface area contributed by atoms with Crippen molar-refractivity contribution in [1.29, 1.82) is 0 Å². The molecule has 1 aromatic heterocycles. The van der Waals surface area contributed by atoms with Gasteiger partial charge in [0.05, 0.1) is 11.3 Å². The lowest BCUT2D eigenvalue weighted by Crippen LogP contribution is -2.17. The number of nitrogens with zero attached hydrogens (tertiary/aromatic N) is 2. The van der Waals surface area contributed by atoms with Crippen molar-refractivity contribution in [2.24, 2.45) is 7.05 Å². The fraction of sp³-hybridized carbons (Fsp3) is 0.160. The van der Waals surface area contributed by atoms with E-state index in [0.29, 0.717) is 10.6 Å². The molecule has 0 aliphatic heterocycles. The number of phenolic OH excluding ortho intramolecular Hbond substituents is 1. The van der Waals surface area contributed by atoms with Gasteiger partial charge in [-0.3, -0.25) is 4.68 Å². The lowest BCUT2D eigenvalue weighted by Gasteiger charge is -2.19. The molecule has 194 valence electrons. The van der Waals surface area contributed by atoms with E-state index in [4.69, 9.17) is 16.3 Å². The van der Waals surface area contributed by atoms with Crippen LogP contribution in [0.1, 0.15) is 11.3 Å². The smallest absolute Gasteiger partial charge is 0.506 e. The van der Waals surface area contributed by atoms with Crippen LogP contribution in [0.5, 0.6) is 17.2 Å². The van der Waals surface area contributed by atoms with Crippen LogP contribution in [0.15, 0.2) is 66.7 Å². The first kappa shape index (κ1) is 26.2. The number of phenols is 1. The number of aromatic nitrogens is 2. The summed E-state index contributed by atoms with van der Waals surface area (Å²) < 4.78 is 89.8. The lowest BCUT2D eigenvalue weighted by molar-refractivity contribution is -0.274. The Morgan fingerprint density at radius 2 is 1.57 bits per heavy atom. The molecule has 0 aliphatic carbocycles. The van der Waals surface area contributed by atoms with Gasteiger partial charge in [-0.2, -0.15) is 18.3 Å². The van der Waals surface area contributed by atoms with Crippen LogP contribution in [-0.2, 0) is 19.8 Å². The van der Waals surface area contributed by atoms with Crippen LogP contribution in [0, 0.1) is 0 Å². The van der Waals surface area contributed by atoms with E-state index in [-0.39, 0.29) is 34.7 Å². The number of hydrogen-bond donors (Lipinski definition) is 1. The minimum atomic E-state index is -5.04. The molecule has 1 heterocycles. The molecule has 0 saturated heterocycles. The Morgan fingerprint density at radius 3 is 2.19 bits per heavy atom. The van der Waals surface area contributed by atoms with Crippen molar-refractivity contribution in [1.82, 2.24) is 9.78 Å². The summed E-state index contributed by atoms with van der Waals surface area (Å²) in [5, 5.41) is 15.1.